The lowest BCUT2D eigenvalue weighted by atomic mass is 10.2. The fourth-order valence-electron chi connectivity index (χ4n) is 2.69. The van der Waals surface area contributed by atoms with E-state index in [0.29, 0.717) is 24.1 Å². The Kier molecular flexibility index (Phi) is 7.96. The fourth-order valence-corrected chi connectivity index (χ4v) is 3.46. The molecule has 3 rings (SSSR count). The highest BCUT2D eigenvalue weighted by atomic mass is 32.2. The number of hydrogen-bond donors (Lipinski definition) is 3. The number of aromatic nitrogens is 4. The van der Waals surface area contributed by atoms with E-state index in [1.165, 1.54) is 30.0 Å². The molecule has 0 aliphatic carbocycles. The molecular weight excluding hydrogens is 420 g/mol. The van der Waals surface area contributed by atoms with Gasteiger partial charge >= 0.3 is 0 Å². The lowest BCUT2D eigenvalue weighted by Gasteiger charge is -2.10. The molecule has 0 saturated carbocycles. The van der Waals surface area contributed by atoms with Crippen LogP contribution in [-0.2, 0) is 16.1 Å². The Balaban J connectivity index is 1.60. The minimum absolute atomic E-state index is 0.0269. The Morgan fingerprint density at radius 2 is 1.97 bits per heavy atom. The third kappa shape index (κ3) is 6.27. The molecule has 3 aromatic rings. The highest BCUT2D eigenvalue weighted by molar-refractivity contribution is 7.99. The Morgan fingerprint density at radius 3 is 2.71 bits per heavy atom. The number of phenols is 1. The van der Waals surface area contributed by atoms with Crippen LogP contribution >= 0.6 is 11.8 Å². The third-order valence-corrected chi connectivity index (χ3v) is 5.11. The molecule has 0 spiro atoms. The number of aromatic hydroxyl groups is 1. The van der Waals surface area contributed by atoms with Crippen LogP contribution in [-0.4, -0.2) is 56.1 Å². The average Bonchev–Trinajstić information content (AvgIpc) is 3.19. The molecule has 11 heteroatoms. The second kappa shape index (κ2) is 11.1. The van der Waals surface area contributed by atoms with E-state index in [-0.39, 0.29) is 17.1 Å². The first-order chi connectivity index (χ1) is 15.1. The van der Waals surface area contributed by atoms with Crippen LogP contribution in [0.3, 0.4) is 0 Å². The first kappa shape index (κ1) is 22.2. The SMILES string of the molecule is COCCCn1c(SCC(=O)NNC(=O)c2cccc(O)c2)nnc1-c1ccncc1. The van der Waals surface area contributed by atoms with Crippen LogP contribution in [0.25, 0.3) is 11.4 Å². The molecule has 0 unspecified atom stereocenters. The number of thioether (sulfide) groups is 1. The number of phenolic OH excluding ortho intramolecular Hbond substituents is 1. The van der Waals surface area contributed by atoms with Gasteiger partial charge in [0.25, 0.3) is 5.91 Å². The number of ether oxygens (including phenoxy) is 1. The van der Waals surface area contributed by atoms with E-state index < -0.39 is 11.8 Å². The number of carbonyl (C=O) groups excluding carboxylic acids is 2. The van der Waals surface area contributed by atoms with Gasteiger partial charge in [0.1, 0.15) is 5.75 Å². The number of methoxy groups -OCH3 is 1. The van der Waals surface area contributed by atoms with Gasteiger partial charge in [-0.3, -0.25) is 25.4 Å². The first-order valence-corrected chi connectivity index (χ1v) is 10.4. The van der Waals surface area contributed by atoms with Crippen LogP contribution in [0.1, 0.15) is 16.8 Å². The monoisotopic (exact) mass is 442 g/mol. The van der Waals surface area contributed by atoms with Crippen molar-refractivity contribution in [3.8, 4) is 17.1 Å². The zero-order chi connectivity index (χ0) is 22.1. The number of pyridine rings is 1. The van der Waals surface area contributed by atoms with Crippen LogP contribution in [0, 0.1) is 0 Å². The largest absolute Gasteiger partial charge is 0.508 e. The minimum atomic E-state index is -0.531. The van der Waals surface area contributed by atoms with Crippen molar-refractivity contribution >= 4 is 23.6 Å². The van der Waals surface area contributed by atoms with E-state index in [9.17, 15) is 14.7 Å². The van der Waals surface area contributed by atoms with Gasteiger partial charge in [0.15, 0.2) is 11.0 Å². The number of carbonyl (C=O) groups is 2. The molecule has 1 aromatic carbocycles. The zero-order valence-corrected chi connectivity index (χ0v) is 17.6. The fraction of sp³-hybridized carbons (Fsp3) is 0.250. The Labute approximate surface area is 183 Å². The summed E-state index contributed by atoms with van der Waals surface area (Å²) in [5.74, 6) is -0.266. The van der Waals surface area contributed by atoms with Gasteiger partial charge in [-0.05, 0) is 36.8 Å². The number of nitrogens with zero attached hydrogens (tertiary/aromatic N) is 4. The molecule has 0 bridgehead atoms. The maximum absolute atomic E-state index is 12.2. The number of nitrogens with one attached hydrogen (secondary N) is 2. The predicted octanol–water partition coefficient (Wildman–Crippen LogP) is 1.64. The Morgan fingerprint density at radius 1 is 1.16 bits per heavy atom. The van der Waals surface area contributed by atoms with E-state index in [0.717, 1.165) is 12.0 Å². The van der Waals surface area contributed by atoms with Crippen LogP contribution in [0.4, 0.5) is 0 Å². The number of hydrazine groups is 1. The average molecular weight is 443 g/mol. The van der Waals surface area contributed by atoms with E-state index in [4.69, 9.17) is 4.74 Å². The summed E-state index contributed by atoms with van der Waals surface area (Å²) in [6.07, 6.45) is 4.12. The number of amides is 2. The molecular formula is C20H22N6O4S. The van der Waals surface area contributed by atoms with Crippen molar-refractivity contribution in [2.45, 2.75) is 18.1 Å². The van der Waals surface area contributed by atoms with Crippen molar-refractivity contribution in [3.63, 3.8) is 0 Å². The highest BCUT2D eigenvalue weighted by Crippen LogP contribution is 2.24. The van der Waals surface area contributed by atoms with E-state index in [2.05, 4.69) is 26.0 Å². The van der Waals surface area contributed by atoms with Crippen molar-refractivity contribution in [1.29, 1.82) is 0 Å². The smallest absolute Gasteiger partial charge is 0.269 e. The predicted molar refractivity (Wildman–Crippen MR) is 114 cm³/mol. The third-order valence-electron chi connectivity index (χ3n) is 4.14. The summed E-state index contributed by atoms with van der Waals surface area (Å²) < 4.78 is 7.06. The molecule has 10 nitrogen and oxygen atoms in total. The standard InChI is InChI=1S/C20H22N6O4S/c1-30-11-3-10-26-18(14-6-8-21-9-7-14)23-25-20(26)31-13-17(28)22-24-19(29)15-4-2-5-16(27)12-15/h2,4-9,12,27H,3,10-11,13H2,1H3,(H,22,28)(H,24,29). The summed E-state index contributed by atoms with van der Waals surface area (Å²) in [6, 6.07) is 9.51. The molecule has 3 N–H and O–H groups in total. The van der Waals surface area contributed by atoms with Gasteiger partial charge in [-0.2, -0.15) is 0 Å². The summed E-state index contributed by atoms with van der Waals surface area (Å²) in [5, 5.41) is 18.5. The molecule has 0 aliphatic rings. The molecule has 0 radical (unpaired) electrons. The van der Waals surface area contributed by atoms with Crippen molar-refractivity contribution < 1.29 is 19.4 Å². The van der Waals surface area contributed by atoms with Gasteiger partial charge in [0.05, 0.1) is 5.75 Å². The summed E-state index contributed by atoms with van der Waals surface area (Å²) in [6.45, 7) is 1.20. The number of benzene rings is 1. The second-order valence-electron chi connectivity index (χ2n) is 6.38. The molecule has 0 atom stereocenters. The lowest BCUT2D eigenvalue weighted by molar-refractivity contribution is -0.119. The van der Waals surface area contributed by atoms with Gasteiger partial charge in [-0.15, -0.1) is 10.2 Å². The molecule has 0 aliphatic heterocycles. The number of rotatable bonds is 9. The molecule has 2 amide bonds. The molecule has 2 aromatic heterocycles. The first-order valence-electron chi connectivity index (χ1n) is 9.42. The minimum Gasteiger partial charge on any atom is -0.508 e. The Bertz CT molecular complexity index is 1030. The van der Waals surface area contributed by atoms with Crippen molar-refractivity contribution in [1.82, 2.24) is 30.6 Å². The lowest BCUT2D eigenvalue weighted by Crippen LogP contribution is -2.42. The maximum atomic E-state index is 12.2. The van der Waals surface area contributed by atoms with Gasteiger partial charge < -0.3 is 14.4 Å². The maximum Gasteiger partial charge on any atom is 0.269 e. The van der Waals surface area contributed by atoms with Gasteiger partial charge in [-0.25, -0.2) is 0 Å². The summed E-state index contributed by atoms with van der Waals surface area (Å²) >= 11 is 1.21. The van der Waals surface area contributed by atoms with E-state index in [1.54, 1.807) is 25.6 Å². The summed E-state index contributed by atoms with van der Waals surface area (Å²) in [4.78, 5) is 28.3. The zero-order valence-electron chi connectivity index (χ0n) is 16.8. The van der Waals surface area contributed by atoms with Crippen LogP contribution in [0.5, 0.6) is 5.75 Å². The Hall–Kier alpha value is -3.44. The van der Waals surface area contributed by atoms with E-state index in [1.807, 2.05) is 16.7 Å². The molecule has 0 saturated heterocycles. The number of hydrogen-bond acceptors (Lipinski definition) is 8. The van der Waals surface area contributed by atoms with Crippen molar-refractivity contribution in [2.75, 3.05) is 19.5 Å². The van der Waals surface area contributed by atoms with Gasteiger partial charge in [0, 0.05) is 43.8 Å². The molecule has 0 fully saturated rings. The topological polar surface area (TPSA) is 131 Å². The normalized spacial score (nSPS) is 10.6. The van der Waals surface area contributed by atoms with Gasteiger partial charge in [-0.1, -0.05) is 17.8 Å². The van der Waals surface area contributed by atoms with Crippen LogP contribution < -0.4 is 10.9 Å². The van der Waals surface area contributed by atoms with Crippen molar-refractivity contribution in [2.24, 2.45) is 0 Å². The van der Waals surface area contributed by atoms with Crippen LogP contribution in [0.2, 0.25) is 0 Å². The molecule has 162 valence electrons. The van der Waals surface area contributed by atoms with Crippen LogP contribution in [0.15, 0.2) is 53.9 Å². The molecule has 31 heavy (non-hydrogen) atoms. The quantitative estimate of drug-likeness (QED) is 0.259. The summed E-state index contributed by atoms with van der Waals surface area (Å²) in [5.41, 5.74) is 5.77. The van der Waals surface area contributed by atoms with Gasteiger partial charge in [0.2, 0.25) is 5.91 Å². The molecule has 2 heterocycles. The summed E-state index contributed by atoms with van der Waals surface area (Å²) in [7, 11) is 1.64. The second-order valence-corrected chi connectivity index (χ2v) is 7.32. The highest BCUT2D eigenvalue weighted by Gasteiger charge is 2.16. The van der Waals surface area contributed by atoms with Crippen molar-refractivity contribution in [3.05, 3.63) is 54.4 Å². The van der Waals surface area contributed by atoms with E-state index >= 15 is 0 Å².